The summed E-state index contributed by atoms with van der Waals surface area (Å²) in [6.45, 7) is 0. The van der Waals surface area contributed by atoms with E-state index in [-0.39, 0.29) is 0 Å². The molecule has 0 unspecified atom stereocenters. The maximum Gasteiger partial charge on any atom is 0.503 e. The number of hydrogen-bond donors (Lipinski definition) is 2. The van der Waals surface area contributed by atoms with Crippen molar-refractivity contribution in [3.8, 4) is 0 Å². The minimum Gasteiger partial charge on any atom is -0.450 e. The number of hydrogen-bond acceptors (Lipinski definition) is 2. The van der Waals surface area contributed by atoms with Gasteiger partial charge in [0.2, 0.25) is 0 Å². The van der Waals surface area contributed by atoms with Crippen LogP contribution in [0.3, 0.4) is 0 Å². The highest BCUT2D eigenvalue weighted by atomic mass is 79.9. The highest BCUT2D eigenvalue weighted by Gasteiger charge is 2.82. The molecule has 0 aromatic carbocycles. The molecule has 0 aliphatic rings. The van der Waals surface area contributed by atoms with E-state index in [2.05, 4.69) is 21.0 Å². The minimum atomic E-state index is -6.93. The van der Waals surface area contributed by atoms with Crippen molar-refractivity contribution < 1.29 is 54.5 Å². The third-order valence-electron chi connectivity index (χ3n) is 2.23. The summed E-state index contributed by atoms with van der Waals surface area (Å²) in [6.07, 6.45) is -7.98. The summed E-state index contributed by atoms with van der Waals surface area (Å²) in [4.78, 5) is 8.56. The van der Waals surface area contributed by atoms with Crippen LogP contribution >= 0.6 is 15.9 Å². The zero-order valence-corrected chi connectivity index (χ0v) is 12.6. The van der Waals surface area contributed by atoms with Crippen LogP contribution in [-0.2, 0) is 13.0 Å². The van der Waals surface area contributed by atoms with Crippen LogP contribution in [0.1, 0.15) is 5.69 Å². The molecule has 2 N–H and O–H groups in total. The maximum atomic E-state index is 13.4. The molecule has 0 amide bonds. The molecule has 0 aliphatic carbocycles. The number of carbonyl (C=O) groups is 1. The predicted molar refractivity (Wildman–Crippen MR) is 61.4 cm³/mol. The molecule has 0 saturated heterocycles. The van der Waals surface area contributed by atoms with Crippen molar-refractivity contribution >= 4 is 22.1 Å². The first-order chi connectivity index (χ1) is 10.4. The molecule has 5 nitrogen and oxygen atoms in total. The van der Waals surface area contributed by atoms with Gasteiger partial charge in [-0.3, -0.25) is 4.68 Å². The molecule has 15 heteroatoms. The lowest BCUT2D eigenvalue weighted by Gasteiger charge is -2.32. The maximum absolute atomic E-state index is 13.4. The first kappa shape index (κ1) is 22.3. The van der Waals surface area contributed by atoms with Crippen LogP contribution in [0.2, 0.25) is 0 Å². The fourth-order valence-corrected chi connectivity index (χ4v) is 1.82. The molecule has 0 aliphatic heterocycles. The molecule has 1 heterocycles. The summed E-state index contributed by atoms with van der Waals surface area (Å²) >= 11 is 2.34. The van der Waals surface area contributed by atoms with Crippen molar-refractivity contribution in [2.75, 3.05) is 0 Å². The zero-order chi connectivity index (χ0) is 19.7. The molecular formula is C9H6BrF9N2O3. The number of aryl methyl sites for hydroxylation is 1. The quantitative estimate of drug-likeness (QED) is 0.686. The lowest BCUT2D eigenvalue weighted by atomic mass is 10.0. The van der Waals surface area contributed by atoms with Crippen LogP contribution in [0.4, 0.5) is 44.3 Å². The summed E-state index contributed by atoms with van der Waals surface area (Å²) in [7, 11) is 0.990. The van der Waals surface area contributed by atoms with Gasteiger partial charge in [-0.15, -0.1) is 0 Å². The number of carboxylic acid groups (broad SMARTS) is 2. The Kier molecular flexibility index (Phi) is 6.21. The van der Waals surface area contributed by atoms with Crippen LogP contribution in [0.5, 0.6) is 0 Å². The average molecular weight is 441 g/mol. The number of rotatable bonds is 3. The van der Waals surface area contributed by atoms with Gasteiger partial charge < -0.3 is 10.2 Å². The molecule has 24 heavy (non-hydrogen) atoms. The van der Waals surface area contributed by atoms with E-state index >= 15 is 0 Å². The molecule has 0 saturated carbocycles. The van der Waals surface area contributed by atoms with E-state index in [0.717, 1.165) is 7.05 Å². The third-order valence-corrected chi connectivity index (χ3v) is 2.81. The second kappa shape index (κ2) is 6.68. The molecular weight excluding hydrogens is 435 g/mol. The molecule has 1 aromatic heterocycles. The Bertz CT molecular complexity index is 596. The smallest absolute Gasteiger partial charge is 0.450 e. The van der Waals surface area contributed by atoms with Gasteiger partial charge in [0.15, 0.2) is 5.69 Å². The standard InChI is InChI=1S/C8H4BrF9N2.CH2O3/c1-20-2-3(9)4(19-20)5(10,11)6(12,13)7(14,15)8(16,17)18;2-1(3)4/h2H,1H3;(H2,2,3,4). The average Bonchev–Trinajstić information content (AvgIpc) is 2.66. The summed E-state index contributed by atoms with van der Waals surface area (Å²) in [5.41, 5.74) is -1.92. The van der Waals surface area contributed by atoms with Gasteiger partial charge in [0, 0.05) is 13.2 Å². The lowest BCUT2D eigenvalue weighted by molar-refractivity contribution is -0.400. The Morgan fingerprint density at radius 3 is 1.67 bits per heavy atom. The van der Waals surface area contributed by atoms with Crippen molar-refractivity contribution in [3.05, 3.63) is 16.4 Å². The highest BCUT2D eigenvalue weighted by molar-refractivity contribution is 9.10. The van der Waals surface area contributed by atoms with Crippen LogP contribution in [0.15, 0.2) is 10.7 Å². The molecule has 0 atom stereocenters. The van der Waals surface area contributed by atoms with Crippen LogP contribution in [0.25, 0.3) is 0 Å². The zero-order valence-electron chi connectivity index (χ0n) is 11.1. The van der Waals surface area contributed by atoms with Crippen LogP contribution in [0, 0.1) is 0 Å². The van der Waals surface area contributed by atoms with E-state index in [1.54, 1.807) is 0 Å². The van der Waals surface area contributed by atoms with Gasteiger partial charge in [-0.1, -0.05) is 0 Å². The number of nitrogens with zero attached hydrogens (tertiary/aromatic N) is 2. The van der Waals surface area contributed by atoms with Gasteiger partial charge in [-0.2, -0.15) is 44.6 Å². The van der Waals surface area contributed by atoms with E-state index in [1.165, 1.54) is 0 Å². The second-order valence-corrected chi connectivity index (χ2v) is 4.86. The monoisotopic (exact) mass is 440 g/mol. The number of aromatic nitrogens is 2. The van der Waals surface area contributed by atoms with E-state index in [4.69, 9.17) is 15.0 Å². The van der Waals surface area contributed by atoms with E-state index in [9.17, 15) is 39.5 Å². The Labute approximate surface area is 134 Å². The van der Waals surface area contributed by atoms with E-state index in [0.29, 0.717) is 10.9 Å². The highest BCUT2D eigenvalue weighted by Crippen LogP contribution is 2.57. The normalized spacial score (nSPS) is 13.3. The minimum absolute atomic E-state index is 0.551. The summed E-state index contributed by atoms with van der Waals surface area (Å²) < 4.78 is 114. The van der Waals surface area contributed by atoms with Crippen molar-refractivity contribution in [1.82, 2.24) is 9.78 Å². The van der Waals surface area contributed by atoms with Crippen molar-refractivity contribution in [2.45, 2.75) is 23.9 Å². The summed E-state index contributed by atoms with van der Waals surface area (Å²) in [5.74, 6) is -19.5. The molecule has 0 radical (unpaired) electrons. The van der Waals surface area contributed by atoms with E-state index < -0.39 is 40.3 Å². The Morgan fingerprint density at radius 2 is 1.42 bits per heavy atom. The number of halogens is 10. The fraction of sp³-hybridized carbons (Fsp3) is 0.556. The van der Waals surface area contributed by atoms with Gasteiger partial charge in [-0.25, -0.2) is 4.79 Å². The van der Waals surface area contributed by atoms with Crippen molar-refractivity contribution in [1.29, 1.82) is 0 Å². The second-order valence-electron chi connectivity index (χ2n) is 4.00. The predicted octanol–water partition coefficient (Wildman–Crippen LogP) is 4.33. The van der Waals surface area contributed by atoms with Crippen LogP contribution in [-0.4, -0.2) is 44.2 Å². The van der Waals surface area contributed by atoms with E-state index in [1.807, 2.05) is 0 Å². The molecule has 0 spiro atoms. The molecule has 1 rings (SSSR count). The molecule has 0 bridgehead atoms. The van der Waals surface area contributed by atoms with Gasteiger partial charge in [0.25, 0.3) is 0 Å². The molecule has 0 fully saturated rings. The lowest BCUT2D eigenvalue weighted by Crippen LogP contribution is -2.59. The number of alkyl halides is 9. The first-order valence-corrected chi connectivity index (χ1v) is 6.00. The Hall–Kier alpha value is -1.67. The van der Waals surface area contributed by atoms with Crippen molar-refractivity contribution in [2.24, 2.45) is 7.05 Å². The van der Waals surface area contributed by atoms with Gasteiger partial charge >= 0.3 is 30.1 Å². The van der Waals surface area contributed by atoms with Gasteiger partial charge in [0.05, 0.1) is 4.47 Å². The van der Waals surface area contributed by atoms with Gasteiger partial charge in [0.1, 0.15) is 0 Å². The van der Waals surface area contributed by atoms with Gasteiger partial charge in [-0.05, 0) is 15.9 Å². The first-order valence-electron chi connectivity index (χ1n) is 5.21. The fourth-order valence-electron chi connectivity index (χ4n) is 1.20. The Balaban J connectivity index is 0.00000118. The SMILES string of the molecule is Cn1cc(Br)c(C(F)(F)C(F)(F)C(F)(F)C(F)(F)F)n1.O=C(O)O. The molecule has 1 aromatic rings. The summed E-state index contributed by atoms with van der Waals surface area (Å²) in [6, 6.07) is 0. The van der Waals surface area contributed by atoms with Crippen molar-refractivity contribution in [3.63, 3.8) is 0 Å². The third kappa shape index (κ3) is 4.05. The largest absolute Gasteiger partial charge is 0.503 e. The summed E-state index contributed by atoms with van der Waals surface area (Å²) in [5, 5.41) is 16.7. The molecule has 140 valence electrons. The Morgan fingerprint density at radius 1 is 1.04 bits per heavy atom. The van der Waals surface area contributed by atoms with Crippen LogP contribution < -0.4 is 0 Å². The topological polar surface area (TPSA) is 75.4 Å².